The summed E-state index contributed by atoms with van der Waals surface area (Å²) in [6, 6.07) is 14.7. The number of hydrogen-bond acceptors (Lipinski definition) is 3. The molecule has 1 aliphatic heterocycles. The number of carbonyl (C=O) groups is 2. The average Bonchev–Trinajstić information content (AvgIpc) is 3.18. The number of halogens is 1. The van der Waals surface area contributed by atoms with Crippen LogP contribution in [0.2, 0.25) is 5.02 Å². The second-order valence-corrected chi connectivity index (χ2v) is 8.70. The minimum Gasteiger partial charge on any atom is -0.497 e. The molecule has 0 bridgehead atoms. The SMILES string of the molecule is COc1ccc(C(=O)N2CC[C@]3(C2)C[C@H](NC(=O)NCc2ccc(Cl)cc2)C3)cc1. The number of benzene rings is 2. The molecule has 30 heavy (non-hydrogen) atoms. The summed E-state index contributed by atoms with van der Waals surface area (Å²) in [7, 11) is 1.61. The van der Waals surface area contributed by atoms with Gasteiger partial charge in [-0.25, -0.2) is 4.79 Å². The monoisotopic (exact) mass is 427 g/mol. The molecule has 1 heterocycles. The number of methoxy groups -OCH3 is 1. The number of nitrogens with one attached hydrogen (secondary N) is 2. The Morgan fingerprint density at radius 1 is 1.13 bits per heavy atom. The van der Waals surface area contributed by atoms with E-state index in [0.29, 0.717) is 17.1 Å². The van der Waals surface area contributed by atoms with Crippen LogP contribution in [0.4, 0.5) is 4.79 Å². The highest BCUT2D eigenvalue weighted by Crippen LogP contribution is 2.48. The van der Waals surface area contributed by atoms with Crippen molar-refractivity contribution in [2.75, 3.05) is 20.2 Å². The molecule has 2 N–H and O–H groups in total. The molecule has 0 radical (unpaired) electrons. The summed E-state index contributed by atoms with van der Waals surface area (Å²) in [5.74, 6) is 0.804. The molecule has 7 heteroatoms. The second-order valence-electron chi connectivity index (χ2n) is 8.26. The second kappa shape index (κ2) is 8.56. The van der Waals surface area contributed by atoms with E-state index in [4.69, 9.17) is 16.3 Å². The Kier molecular flexibility index (Phi) is 5.86. The maximum atomic E-state index is 12.8. The number of carbonyl (C=O) groups excluding carboxylic acids is 2. The van der Waals surface area contributed by atoms with Crippen molar-refractivity contribution in [2.45, 2.75) is 31.8 Å². The first-order valence-corrected chi connectivity index (χ1v) is 10.6. The Labute approximate surface area is 181 Å². The van der Waals surface area contributed by atoms with Crippen LogP contribution in [-0.4, -0.2) is 43.1 Å². The Bertz CT molecular complexity index is 908. The molecule has 2 aromatic rings. The molecule has 4 rings (SSSR count). The lowest BCUT2D eigenvalue weighted by atomic mass is 9.65. The van der Waals surface area contributed by atoms with Crippen molar-refractivity contribution in [1.29, 1.82) is 0 Å². The Hall–Kier alpha value is -2.73. The summed E-state index contributed by atoms with van der Waals surface area (Å²) < 4.78 is 5.15. The van der Waals surface area contributed by atoms with E-state index >= 15 is 0 Å². The fraction of sp³-hybridized carbons (Fsp3) is 0.391. The maximum absolute atomic E-state index is 12.8. The summed E-state index contributed by atoms with van der Waals surface area (Å²) in [6.45, 7) is 1.98. The van der Waals surface area contributed by atoms with Crippen LogP contribution in [0.5, 0.6) is 5.75 Å². The first-order valence-electron chi connectivity index (χ1n) is 10.2. The van der Waals surface area contributed by atoms with Crippen LogP contribution >= 0.6 is 11.6 Å². The van der Waals surface area contributed by atoms with E-state index < -0.39 is 0 Å². The van der Waals surface area contributed by atoms with Gasteiger partial charge in [-0.2, -0.15) is 0 Å². The Morgan fingerprint density at radius 2 is 1.83 bits per heavy atom. The number of likely N-dealkylation sites (tertiary alicyclic amines) is 1. The van der Waals surface area contributed by atoms with E-state index in [1.165, 1.54) is 0 Å². The van der Waals surface area contributed by atoms with E-state index in [1.54, 1.807) is 7.11 Å². The van der Waals surface area contributed by atoms with Crippen molar-refractivity contribution in [3.8, 4) is 5.75 Å². The van der Waals surface area contributed by atoms with Crippen molar-refractivity contribution in [3.05, 3.63) is 64.7 Å². The molecule has 0 unspecified atom stereocenters. The molecule has 6 nitrogen and oxygen atoms in total. The van der Waals surface area contributed by atoms with E-state index in [1.807, 2.05) is 53.4 Å². The summed E-state index contributed by atoms with van der Waals surface area (Å²) in [5, 5.41) is 6.61. The normalized spacial score (nSPS) is 22.5. The molecular formula is C23H26ClN3O3. The van der Waals surface area contributed by atoms with Gasteiger partial charge in [-0.1, -0.05) is 23.7 Å². The molecule has 1 saturated heterocycles. The van der Waals surface area contributed by atoms with Gasteiger partial charge in [0, 0.05) is 36.3 Å². The zero-order valence-electron chi connectivity index (χ0n) is 17.0. The molecule has 2 aromatic carbocycles. The topological polar surface area (TPSA) is 70.7 Å². The minimum absolute atomic E-state index is 0.0617. The smallest absolute Gasteiger partial charge is 0.315 e. The predicted molar refractivity (Wildman–Crippen MR) is 116 cm³/mol. The standard InChI is InChI=1S/C23H26ClN3O3/c1-30-20-8-4-17(5-9-20)21(28)27-11-10-23(15-27)12-19(13-23)26-22(29)25-14-16-2-6-18(24)7-3-16/h2-9,19H,10-15H2,1H3,(H2,25,26,29)/t19-,23-. The number of rotatable bonds is 5. The minimum atomic E-state index is -0.158. The largest absolute Gasteiger partial charge is 0.497 e. The van der Waals surface area contributed by atoms with Gasteiger partial charge in [0.15, 0.2) is 0 Å². The number of amides is 3. The van der Waals surface area contributed by atoms with Crippen molar-refractivity contribution in [3.63, 3.8) is 0 Å². The molecule has 1 aliphatic carbocycles. The summed E-state index contributed by atoms with van der Waals surface area (Å²) in [6.07, 6.45) is 2.81. The van der Waals surface area contributed by atoms with Crippen LogP contribution in [0.15, 0.2) is 48.5 Å². The lowest BCUT2D eigenvalue weighted by molar-refractivity contribution is 0.0671. The van der Waals surface area contributed by atoms with Crippen LogP contribution in [-0.2, 0) is 6.54 Å². The van der Waals surface area contributed by atoms with E-state index in [0.717, 1.165) is 43.7 Å². The van der Waals surface area contributed by atoms with Crippen molar-refractivity contribution >= 4 is 23.5 Å². The van der Waals surface area contributed by atoms with Crippen molar-refractivity contribution < 1.29 is 14.3 Å². The van der Waals surface area contributed by atoms with Gasteiger partial charge in [0.2, 0.25) is 0 Å². The molecule has 3 amide bonds. The summed E-state index contributed by atoms with van der Waals surface area (Å²) in [5.41, 5.74) is 1.82. The maximum Gasteiger partial charge on any atom is 0.315 e. The Morgan fingerprint density at radius 3 is 2.50 bits per heavy atom. The summed E-state index contributed by atoms with van der Waals surface area (Å²) >= 11 is 5.88. The lowest BCUT2D eigenvalue weighted by Gasteiger charge is -2.45. The Balaban J connectivity index is 1.22. The highest BCUT2D eigenvalue weighted by atomic mass is 35.5. The van der Waals surface area contributed by atoms with Crippen molar-refractivity contribution in [2.24, 2.45) is 5.41 Å². The first kappa shape index (κ1) is 20.5. The lowest BCUT2D eigenvalue weighted by Crippen LogP contribution is -2.54. The molecule has 158 valence electrons. The molecule has 2 aliphatic rings. The zero-order chi connectivity index (χ0) is 21.1. The first-order chi connectivity index (χ1) is 14.5. The molecule has 0 atom stereocenters. The highest BCUT2D eigenvalue weighted by molar-refractivity contribution is 6.30. The third-order valence-corrected chi connectivity index (χ3v) is 6.37. The van der Waals surface area contributed by atoms with E-state index in [-0.39, 0.29) is 23.4 Å². The molecule has 1 saturated carbocycles. The van der Waals surface area contributed by atoms with Gasteiger partial charge in [-0.15, -0.1) is 0 Å². The molecular weight excluding hydrogens is 402 g/mol. The fourth-order valence-corrected chi connectivity index (χ4v) is 4.59. The van der Waals surface area contributed by atoms with Gasteiger partial charge < -0.3 is 20.3 Å². The van der Waals surface area contributed by atoms with Crippen molar-refractivity contribution in [1.82, 2.24) is 15.5 Å². The number of hydrogen-bond donors (Lipinski definition) is 2. The van der Waals surface area contributed by atoms with Crippen LogP contribution in [0, 0.1) is 5.41 Å². The van der Waals surface area contributed by atoms with Crippen LogP contribution in [0.1, 0.15) is 35.2 Å². The molecule has 1 spiro atoms. The van der Waals surface area contributed by atoms with E-state index in [9.17, 15) is 9.59 Å². The quantitative estimate of drug-likeness (QED) is 0.761. The molecule has 0 aromatic heterocycles. The number of urea groups is 1. The van der Waals surface area contributed by atoms with Gasteiger partial charge in [0.05, 0.1) is 7.11 Å². The predicted octanol–water partition coefficient (Wildman–Crippen LogP) is 3.84. The van der Waals surface area contributed by atoms with Gasteiger partial charge in [-0.3, -0.25) is 4.79 Å². The van der Waals surface area contributed by atoms with Crippen LogP contribution in [0.25, 0.3) is 0 Å². The van der Waals surface area contributed by atoms with Gasteiger partial charge in [-0.05, 0) is 66.6 Å². The summed E-state index contributed by atoms with van der Waals surface area (Å²) in [4.78, 5) is 26.9. The van der Waals surface area contributed by atoms with Crippen LogP contribution in [0.3, 0.4) is 0 Å². The zero-order valence-corrected chi connectivity index (χ0v) is 17.7. The van der Waals surface area contributed by atoms with Gasteiger partial charge >= 0.3 is 6.03 Å². The molecule has 2 fully saturated rings. The third kappa shape index (κ3) is 4.54. The number of nitrogens with zero attached hydrogens (tertiary/aromatic N) is 1. The number of ether oxygens (including phenoxy) is 1. The fourth-order valence-electron chi connectivity index (χ4n) is 4.47. The van der Waals surface area contributed by atoms with Gasteiger partial charge in [0.25, 0.3) is 5.91 Å². The van der Waals surface area contributed by atoms with Crippen LogP contribution < -0.4 is 15.4 Å². The van der Waals surface area contributed by atoms with Gasteiger partial charge in [0.1, 0.15) is 5.75 Å². The van der Waals surface area contributed by atoms with E-state index in [2.05, 4.69) is 10.6 Å². The average molecular weight is 428 g/mol. The highest BCUT2D eigenvalue weighted by Gasteiger charge is 2.49. The third-order valence-electron chi connectivity index (χ3n) is 6.12.